The molecule has 0 spiro atoms. The van der Waals surface area contributed by atoms with Crippen LogP contribution in [0.25, 0.3) is 0 Å². The maximum atomic E-state index is 11.5. The van der Waals surface area contributed by atoms with Gasteiger partial charge in [-0.2, -0.15) is 0 Å². The van der Waals surface area contributed by atoms with Gasteiger partial charge >= 0.3 is 11.9 Å². The van der Waals surface area contributed by atoms with Gasteiger partial charge in [0.05, 0.1) is 13.0 Å². The molecule has 0 aromatic rings. The van der Waals surface area contributed by atoms with E-state index in [0.717, 1.165) is 18.4 Å². The van der Waals surface area contributed by atoms with Gasteiger partial charge in [-0.15, -0.1) is 0 Å². The van der Waals surface area contributed by atoms with Gasteiger partial charge in [0.25, 0.3) is 0 Å². The van der Waals surface area contributed by atoms with Crippen molar-refractivity contribution in [3.63, 3.8) is 0 Å². The Morgan fingerprint density at radius 3 is 2.93 bits per heavy atom. The molecule has 3 aliphatic carbocycles. The first-order chi connectivity index (χ1) is 7.20. The molecule has 0 aromatic heterocycles. The lowest BCUT2D eigenvalue weighted by atomic mass is 9.66. The van der Waals surface area contributed by atoms with Crippen LogP contribution in [0.4, 0.5) is 0 Å². The fourth-order valence-corrected chi connectivity index (χ4v) is 3.05. The minimum atomic E-state index is -0.253. The Labute approximate surface area is 87.2 Å². The number of rotatable bonds is 1. The molecule has 1 saturated heterocycles. The largest absolute Gasteiger partial charge is 0.466 e. The molecule has 2 fully saturated rings. The molecule has 0 N–H and O–H groups in total. The average Bonchev–Trinajstić information content (AvgIpc) is 2.47. The Kier molecular flexibility index (Phi) is 1.69. The van der Waals surface area contributed by atoms with Crippen molar-refractivity contribution in [3.05, 3.63) is 11.6 Å². The number of hydrogen-bond donors (Lipinski definition) is 0. The van der Waals surface area contributed by atoms with Crippen molar-refractivity contribution < 1.29 is 19.1 Å². The molecule has 0 amide bonds. The molecule has 4 unspecified atom stereocenters. The van der Waals surface area contributed by atoms with Crippen LogP contribution in [-0.2, 0) is 19.1 Å². The van der Waals surface area contributed by atoms with Crippen LogP contribution < -0.4 is 0 Å². The van der Waals surface area contributed by atoms with Crippen molar-refractivity contribution in [1.82, 2.24) is 0 Å². The molecule has 1 aliphatic heterocycles. The van der Waals surface area contributed by atoms with Gasteiger partial charge in [0.15, 0.2) is 0 Å². The van der Waals surface area contributed by atoms with Crippen LogP contribution >= 0.6 is 0 Å². The first kappa shape index (κ1) is 8.95. The van der Waals surface area contributed by atoms with E-state index in [4.69, 9.17) is 9.47 Å². The van der Waals surface area contributed by atoms with E-state index < -0.39 is 0 Å². The van der Waals surface area contributed by atoms with Gasteiger partial charge in [-0.25, -0.2) is 4.79 Å². The van der Waals surface area contributed by atoms with E-state index >= 15 is 0 Å². The third kappa shape index (κ3) is 1.07. The van der Waals surface area contributed by atoms with E-state index in [1.807, 2.05) is 6.08 Å². The van der Waals surface area contributed by atoms with Crippen molar-refractivity contribution in [1.29, 1.82) is 0 Å². The van der Waals surface area contributed by atoms with Crippen molar-refractivity contribution in [2.45, 2.75) is 18.9 Å². The Morgan fingerprint density at radius 2 is 2.33 bits per heavy atom. The lowest BCUT2D eigenvalue weighted by Gasteiger charge is -2.36. The van der Waals surface area contributed by atoms with Crippen LogP contribution in [0, 0.1) is 17.8 Å². The zero-order chi connectivity index (χ0) is 10.6. The quantitative estimate of drug-likeness (QED) is 0.594. The highest BCUT2D eigenvalue weighted by molar-refractivity contribution is 5.90. The highest BCUT2D eigenvalue weighted by Gasteiger charge is 2.54. The fourth-order valence-electron chi connectivity index (χ4n) is 3.05. The molecular formula is C11H12O4. The predicted molar refractivity (Wildman–Crippen MR) is 49.7 cm³/mol. The summed E-state index contributed by atoms with van der Waals surface area (Å²) in [6, 6.07) is 0. The first-order valence-corrected chi connectivity index (χ1v) is 5.21. The molecule has 80 valence electrons. The topological polar surface area (TPSA) is 52.6 Å². The molecule has 1 heterocycles. The number of hydrogen-bond acceptors (Lipinski definition) is 4. The van der Waals surface area contributed by atoms with Crippen LogP contribution in [0.2, 0.25) is 0 Å². The summed E-state index contributed by atoms with van der Waals surface area (Å²) in [5, 5.41) is 0. The molecule has 4 heteroatoms. The average molecular weight is 208 g/mol. The molecule has 0 radical (unpaired) electrons. The highest BCUT2D eigenvalue weighted by atomic mass is 16.6. The second-order valence-corrected chi connectivity index (χ2v) is 4.44. The SMILES string of the molecule is COC(=O)C1=CC2C3CC1CC2C(=O)O3. The number of ether oxygens (including phenoxy) is 2. The molecule has 4 rings (SSSR count). The summed E-state index contributed by atoms with van der Waals surface area (Å²) in [7, 11) is 1.39. The van der Waals surface area contributed by atoms with Gasteiger partial charge in [0.1, 0.15) is 6.10 Å². The first-order valence-electron chi connectivity index (χ1n) is 5.21. The van der Waals surface area contributed by atoms with E-state index in [9.17, 15) is 9.59 Å². The van der Waals surface area contributed by atoms with Gasteiger partial charge in [0, 0.05) is 11.5 Å². The Bertz CT molecular complexity index is 371. The number of methoxy groups -OCH3 is 1. The predicted octanol–water partition coefficient (Wildman–Crippen LogP) is 0.667. The number of esters is 2. The summed E-state index contributed by atoms with van der Waals surface area (Å²) in [6.45, 7) is 0. The minimum Gasteiger partial charge on any atom is -0.466 e. The van der Waals surface area contributed by atoms with Gasteiger partial charge < -0.3 is 9.47 Å². The van der Waals surface area contributed by atoms with Gasteiger partial charge in [-0.3, -0.25) is 4.79 Å². The summed E-state index contributed by atoms with van der Waals surface area (Å²) in [6.07, 6.45) is 3.44. The van der Waals surface area contributed by atoms with Crippen LogP contribution in [0.15, 0.2) is 11.6 Å². The van der Waals surface area contributed by atoms with Gasteiger partial charge in [-0.05, 0) is 18.8 Å². The van der Waals surface area contributed by atoms with Crippen molar-refractivity contribution in [2.24, 2.45) is 17.8 Å². The normalized spacial score (nSPS) is 41.1. The van der Waals surface area contributed by atoms with Crippen LogP contribution in [0.3, 0.4) is 0 Å². The second kappa shape index (κ2) is 2.84. The Hall–Kier alpha value is -1.32. The van der Waals surface area contributed by atoms with Gasteiger partial charge in [0.2, 0.25) is 0 Å². The second-order valence-electron chi connectivity index (χ2n) is 4.44. The van der Waals surface area contributed by atoms with E-state index in [2.05, 4.69) is 0 Å². The Morgan fingerprint density at radius 1 is 1.53 bits per heavy atom. The third-order valence-corrected chi connectivity index (χ3v) is 3.75. The van der Waals surface area contributed by atoms with Crippen LogP contribution in [0.1, 0.15) is 12.8 Å². The lowest BCUT2D eigenvalue weighted by Crippen LogP contribution is -2.37. The smallest absolute Gasteiger partial charge is 0.333 e. The number of carbonyl (C=O) groups is 2. The molecule has 1 saturated carbocycles. The Balaban J connectivity index is 1.96. The lowest BCUT2D eigenvalue weighted by molar-refractivity contribution is -0.143. The van der Waals surface area contributed by atoms with Gasteiger partial charge in [-0.1, -0.05) is 6.08 Å². The summed E-state index contributed by atoms with van der Waals surface area (Å²) < 4.78 is 9.97. The highest BCUT2D eigenvalue weighted by Crippen LogP contribution is 2.50. The van der Waals surface area contributed by atoms with Crippen molar-refractivity contribution in [3.8, 4) is 0 Å². The molecule has 4 bridgehead atoms. The van der Waals surface area contributed by atoms with E-state index in [-0.39, 0.29) is 35.8 Å². The zero-order valence-corrected chi connectivity index (χ0v) is 8.43. The van der Waals surface area contributed by atoms with Crippen LogP contribution in [-0.4, -0.2) is 25.2 Å². The number of carbonyl (C=O) groups excluding carboxylic acids is 2. The van der Waals surface area contributed by atoms with E-state index in [1.165, 1.54) is 7.11 Å². The summed E-state index contributed by atoms with van der Waals surface area (Å²) in [5.41, 5.74) is 0.744. The molecular weight excluding hydrogens is 196 g/mol. The summed E-state index contributed by atoms with van der Waals surface area (Å²) in [4.78, 5) is 22.9. The molecule has 15 heavy (non-hydrogen) atoms. The minimum absolute atomic E-state index is 0.00894. The van der Waals surface area contributed by atoms with Crippen LogP contribution in [0.5, 0.6) is 0 Å². The van der Waals surface area contributed by atoms with E-state index in [1.54, 1.807) is 0 Å². The molecule has 4 aliphatic rings. The summed E-state index contributed by atoms with van der Waals surface area (Å²) >= 11 is 0. The third-order valence-electron chi connectivity index (χ3n) is 3.75. The maximum absolute atomic E-state index is 11.5. The monoisotopic (exact) mass is 208 g/mol. The molecule has 4 nitrogen and oxygen atoms in total. The summed E-state index contributed by atoms with van der Waals surface area (Å²) in [5.74, 6) is -0.0911. The zero-order valence-electron chi connectivity index (χ0n) is 8.43. The van der Waals surface area contributed by atoms with Crippen molar-refractivity contribution >= 4 is 11.9 Å². The molecule has 4 atom stereocenters. The van der Waals surface area contributed by atoms with E-state index in [0.29, 0.717) is 0 Å². The standard InChI is InChI=1S/C11H12O4/c1-14-10(12)6-4-7-8-2-5(6)3-9(7)15-11(8)13/h4-5,7-9H,2-3H2,1H3. The fraction of sp³-hybridized carbons (Fsp3) is 0.636. The molecule has 0 aromatic carbocycles. The van der Waals surface area contributed by atoms with Crippen molar-refractivity contribution in [2.75, 3.05) is 7.11 Å². The maximum Gasteiger partial charge on any atom is 0.333 e.